The van der Waals surface area contributed by atoms with Gasteiger partial charge in [0.15, 0.2) is 0 Å². The zero-order chi connectivity index (χ0) is 8.06. The summed E-state index contributed by atoms with van der Waals surface area (Å²) in [5.74, 6) is 1.99. The number of allylic oxidation sites excluding steroid dienone is 1. The van der Waals surface area contributed by atoms with Crippen molar-refractivity contribution < 1.29 is 0 Å². The average Bonchev–Trinajstić information content (AvgIpc) is 2.44. The molecule has 4 atom stereocenters. The Morgan fingerprint density at radius 3 is 2.82 bits per heavy atom. The number of fused-ring (bicyclic) bond motifs is 1. The fourth-order valence-electron chi connectivity index (χ4n) is 2.32. The summed E-state index contributed by atoms with van der Waals surface area (Å²) in [4.78, 5) is 2.87. The normalized spacial score (nSPS) is 51.6. The molecule has 0 heterocycles. The van der Waals surface area contributed by atoms with Crippen LogP contribution in [0.5, 0.6) is 0 Å². The molecular weight excluding hydrogens is 138 g/mol. The average molecular weight is 149 g/mol. The molecule has 3 nitrogen and oxygen atoms in total. The van der Waals surface area contributed by atoms with Crippen LogP contribution in [-0.2, 0) is 0 Å². The summed E-state index contributed by atoms with van der Waals surface area (Å²) in [6.07, 6.45) is 4.23. The van der Waals surface area contributed by atoms with Crippen molar-refractivity contribution in [2.45, 2.75) is 19.4 Å². The highest BCUT2D eigenvalue weighted by molar-refractivity contribution is 5.29. The van der Waals surface area contributed by atoms with E-state index in [2.05, 4.69) is 23.0 Å². The molecular formula is C8H11N3. The number of hydrogen-bond acceptors (Lipinski definition) is 1. The van der Waals surface area contributed by atoms with E-state index in [1.165, 1.54) is 0 Å². The third-order valence-electron chi connectivity index (χ3n) is 3.04. The Hall–Kier alpha value is -0.950. The summed E-state index contributed by atoms with van der Waals surface area (Å²) in [6, 6.07) is 0. The molecule has 3 heteroatoms. The van der Waals surface area contributed by atoms with E-state index in [9.17, 15) is 0 Å². The molecule has 1 saturated carbocycles. The summed E-state index contributed by atoms with van der Waals surface area (Å²) in [5, 5.41) is 3.82. The van der Waals surface area contributed by atoms with Gasteiger partial charge in [-0.3, -0.25) is 0 Å². The second-order valence-electron chi connectivity index (χ2n) is 3.74. The van der Waals surface area contributed by atoms with E-state index in [1.54, 1.807) is 0 Å². The van der Waals surface area contributed by atoms with Gasteiger partial charge in [-0.1, -0.05) is 31.1 Å². The standard InChI is InChI=1S/C8H11N3/c1-5-6-3-4-8(2,7(5)6)10-11-9/h3-7H,1-2H3. The minimum Gasteiger partial charge on any atom is -0.0841 e. The van der Waals surface area contributed by atoms with Crippen molar-refractivity contribution in [3.63, 3.8) is 0 Å². The van der Waals surface area contributed by atoms with Crippen LogP contribution in [0.15, 0.2) is 17.3 Å². The number of nitrogens with zero attached hydrogens (tertiary/aromatic N) is 3. The van der Waals surface area contributed by atoms with E-state index < -0.39 is 0 Å². The van der Waals surface area contributed by atoms with Gasteiger partial charge in [-0.15, -0.1) is 0 Å². The van der Waals surface area contributed by atoms with Crippen molar-refractivity contribution >= 4 is 0 Å². The van der Waals surface area contributed by atoms with Gasteiger partial charge in [0.1, 0.15) is 0 Å². The van der Waals surface area contributed by atoms with Crippen LogP contribution in [0.1, 0.15) is 13.8 Å². The Morgan fingerprint density at radius 2 is 2.36 bits per heavy atom. The molecule has 0 N–H and O–H groups in total. The SMILES string of the molecule is CC1C2C=CC(C)(N=[N+]=[N-])C12. The molecule has 2 aliphatic carbocycles. The van der Waals surface area contributed by atoms with Gasteiger partial charge in [-0.2, -0.15) is 0 Å². The summed E-state index contributed by atoms with van der Waals surface area (Å²) < 4.78 is 0. The van der Waals surface area contributed by atoms with Crippen molar-refractivity contribution in [2.24, 2.45) is 22.9 Å². The van der Waals surface area contributed by atoms with Gasteiger partial charge in [0, 0.05) is 4.91 Å². The van der Waals surface area contributed by atoms with Gasteiger partial charge in [0.2, 0.25) is 0 Å². The maximum absolute atomic E-state index is 8.34. The van der Waals surface area contributed by atoms with Crippen molar-refractivity contribution in [3.8, 4) is 0 Å². The molecule has 0 bridgehead atoms. The highest BCUT2D eigenvalue weighted by Gasteiger charge is 2.57. The first-order valence-electron chi connectivity index (χ1n) is 3.94. The zero-order valence-electron chi connectivity index (χ0n) is 6.73. The molecule has 0 radical (unpaired) electrons. The van der Waals surface area contributed by atoms with Gasteiger partial charge in [-0.25, -0.2) is 0 Å². The molecule has 0 aromatic carbocycles. The smallest absolute Gasteiger partial charge is 0.0676 e. The molecule has 0 aromatic rings. The Kier molecular flexibility index (Phi) is 1.10. The molecule has 0 saturated heterocycles. The van der Waals surface area contributed by atoms with Crippen LogP contribution in [0.2, 0.25) is 0 Å². The number of hydrogen-bond donors (Lipinski definition) is 0. The molecule has 2 rings (SSSR count). The van der Waals surface area contributed by atoms with E-state index in [4.69, 9.17) is 5.53 Å². The highest BCUT2D eigenvalue weighted by Crippen LogP contribution is 2.59. The lowest BCUT2D eigenvalue weighted by Crippen LogP contribution is -2.19. The van der Waals surface area contributed by atoms with Crippen LogP contribution < -0.4 is 0 Å². The van der Waals surface area contributed by atoms with Gasteiger partial charge in [-0.05, 0) is 23.3 Å². The Balaban J connectivity index is 2.29. The topological polar surface area (TPSA) is 48.8 Å². The maximum atomic E-state index is 8.34. The molecule has 0 spiro atoms. The third-order valence-corrected chi connectivity index (χ3v) is 3.04. The van der Waals surface area contributed by atoms with Gasteiger partial charge in [0.05, 0.1) is 5.54 Å². The van der Waals surface area contributed by atoms with Gasteiger partial charge >= 0.3 is 0 Å². The summed E-state index contributed by atoms with van der Waals surface area (Å²) in [5.41, 5.74) is 8.12. The van der Waals surface area contributed by atoms with Crippen LogP contribution in [-0.4, -0.2) is 5.54 Å². The van der Waals surface area contributed by atoms with Crippen LogP contribution in [0.25, 0.3) is 10.4 Å². The Labute approximate surface area is 65.7 Å². The first kappa shape index (κ1) is 6.74. The largest absolute Gasteiger partial charge is 0.0841 e. The van der Waals surface area contributed by atoms with Crippen molar-refractivity contribution in [1.82, 2.24) is 0 Å². The lowest BCUT2D eigenvalue weighted by atomic mass is 9.98. The van der Waals surface area contributed by atoms with Crippen LogP contribution >= 0.6 is 0 Å². The fourth-order valence-corrected chi connectivity index (χ4v) is 2.32. The molecule has 0 aliphatic heterocycles. The van der Waals surface area contributed by atoms with Crippen molar-refractivity contribution in [1.29, 1.82) is 0 Å². The lowest BCUT2D eigenvalue weighted by molar-refractivity contribution is 0.488. The highest BCUT2D eigenvalue weighted by atomic mass is 15.2. The first-order valence-corrected chi connectivity index (χ1v) is 3.94. The minimum absolute atomic E-state index is 0.223. The van der Waals surface area contributed by atoms with Gasteiger partial charge < -0.3 is 0 Å². The maximum Gasteiger partial charge on any atom is 0.0676 e. The molecule has 58 valence electrons. The Morgan fingerprint density at radius 1 is 1.64 bits per heavy atom. The number of azide groups is 1. The van der Waals surface area contributed by atoms with E-state index in [-0.39, 0.29) is 5.54 Å². The summed E-state index contributed by atoms with van der Waals surface area (Å²) >= 11 is 0. The van der Waals surface area contributed by atoms with Crippen molar-refractivity contribution in [2.75, 3.05) is 0 Å². The van der Waals surface area contributed by atoms with E-state index in [0.717, 1.165) is 5.92 Å². The molecule has 0 aromatic heterocycles. The van der Waals surface area contributed by atoms with Crippen LogP contribution in [0.3, 0.4) is 0 Å². The predicted octanol–water partition coefficient (Wildman–Crippen LogP) is 2.51. The molecule has 1 fully saturated rings. The molecule has 4 unspecified atom stereocenters. The summed E-state index contributed by atoms with van der Waals surface area (Å²) in [7, 11) is 0. The fraction of sp³-hybridized carbons (Fsp3) is 0.750. The van der Waals surface area contributed by atoms with E-state index in [0.29, 0.717) is 11.8 Å². The minimum atomic E-state index is -0.223. The van der Waals surface area contributed by atoms with Crippen LogP contribution in [0, 0.1) is 17.8 Å². The zero-order valence-corrected chi connectivity index (χ0v) is 6.73. The quantitative estimate of drug-likeness (QED) is 0.238. The monoisotopic (exact) mass is 149 g/mol. The van der Waals surface area contributed by atoms with Crippen molar-refractivity contribution in [3.05, 3.63) is 22.6 Å². The second kappa shape index (κ2) is 1.80. The first-order chi connectivity index (χ1) is 5.19. The Bertz CT molecular complexity index is 265. The third kappa shape index (κ3) is 0.717. The molecule has 11 heavy (non-hydrogen) atoms. The van der Waals surface area contributed by atoms with Crippen LogP contribution in [0.4, 0.5) is 0 Å². The van der Waals surface area contributed by atoms with Gasteiger partial charge in [0.25, 0.3) is 0 Å². The molecule has 2 aliphatic rings. The summed E-state index contributed by atoms with van der Waals surface area (Å²) in [6.45, 7) is 4.22. The predicted molar refractivity (Wildman–Crippen MR) is 42.8 cm³/mol. The molecule has 0 amide bonds. The number of rotatable bonds is 1. The van der Waals surface area contributed by atoms with E-state index in [1.807, 2.05) is 13.0 Å². The second-order valence-corrected chi connectivity index (χ2v) is 3.74. The van der Waals surface area contributed by atoms with E-state index >= 15 is 0 Å². The lowest BCUT2D eigenvalue weighted by Gasteiger charge is -2.16.